The number of rotatable bonds is 5. The van der Waals surface area contributed by atoms with Crippen LogP contribution in [-0.4, -0.2) is 35.3 Å². The lowest BCUT2D eigenvalue weighted by Gasteiger charge is -2.21. The van der Waals surface area contributed by atoms with Crippen LogP contribution < -0.4 is 10.6 Å². The van der Waals surface area contributed by atoms with Crippen molar-refractivity contribution in [1.29, 1.82) is 0 Å². The lowest BCUT2D eigenvalue weighted by Crippen LogP contribution is -2.45. The fourth-order valence-electron chi connectivity index (χ4n) is 2.18. The highest BCUT2D eigenvalue weighted by atomic mass is 32.1. The monoisotopic (exact) mass is 323 g/mol. The molecule has 0 radical (unpaired) electrons. The Bertz CT molecular complexity index is 585. The minimum atomic E-state index is -1.09. The largest absolute Gasteiger partial charge is 0.352 e. The number of carbonyl (C=O) groups is 3. The average molecular weight is 323 g/mol. The van der Waals surface area contributed by atoms with Crippen LogP contribution in [0, 0.1) is 5.92 Å². The predicted molar refractivity (Wildman–Crippen MR) is 84.4 cm³/mol. The number of carbonyl (C=O) groups excluding carboxylic acids is 3. The van der Waals surface area contributed by atoms with Gasteiger partial charge in [0.2, 0.25) is 5.91 Å². The fourth-order valence-corrected chi connectivity index (χ4v) is 3.02. The second-order valence-electron chi connectivity index (χ2n) is 6.02. The highest BCUT2D eigenvalue weighted by molar-refractivity contribution is 7.10. The first-order valence-electron chi connectivity index (χ1n) is 7.23. The number of hydrogen-bond acceptors (Lipinski definition) is 4. The van der Waals surface area contributed by atoms with E-state index in [0.29, 0.717) is 0 Å². The van der Waals surface area contributed by atoms with Gasteiger partial charge in [-0.25, -0.2) is 4.79 Å². The molecule has 2 heterocycles. The van der Waals surface area contributed by atoms with E-state index in [-0.39, 0.29) is 24.4 Å². The molecule has 0 saturated carbocycles. The molecule has 4 amide bonds. The summed E-state index contributed by atoms with van der Waals surface area (Å²) in [5.74, 6) is -0.448. The van der Waals surface area contributed by atoms with E-state index in [2.05, 4.69) is 10.6 Å². The van der Waals surface area contributed by atoms with Crippen LogP contribution in [0.5, 0.6) is 0 Å². The molecule has 0 aromatic carbocycles. The zero-order chi connectivity index (χ0) is 16.5. The Kier molecular flexibility index (Phi) is 4.55. The van der Waals surface area contributed by atoms with Gasteiger partial charge in [-0.1, -0.05) is 19.9 Å². The first-order valence-corrected chi connectivity index (χ1v) is 8.11. The van der Waals surface area contributed by atoms with Gasteiger partial charge < -0.3 is 10.6 Å². The predicted octanol–water partition coefficient (Wildman–Crippen LogP) is 1.68. The smallest absolute Gasteiger partial charge is 0.325 e. The molecule has 0 unspecified atom stereocenters. The molecule has 1 aromatic rings. The topological polar surface area (TPSA) is 78.5 Å². The summed E-state index contributed by atoms with van der Waals surface area (Å²) in [6.07, 6.45) is 0. The number of nitrogens with one attached hydrogen (secondary N) is 2. The van der Waals surface area contributed by atoms with Crippen molar-refractivity contribution in [1.82, 2.24) is 15.5 Å². The average Bonchev–Trinajstić information content (AvgIpc) is 3.03. The van der Waals surface area contributed by atoms with Crippen LogP contribution in [-0.2, 0) is 15.1 Å². The van der Waals surface area contributed by atoms with Gasteiger partial charge in [-0.3, -0.25) is 14.5 Å². The molecule has 7 heteroatoms. The Hall–Kier alpha value is -1.89. The van der Waals surface area contributed by atoms with E-state index in [4.69, 9.17) is 0 Å². The summed E-state index contributed by atoms with van der Waals surface area (Å²) >= 11 is 1.40. The summed E-state index contributed by atoms with van der Waals surface area (Å²) in [6, 6.07) is 3.07. The van der Waals surface area contributed by atoms with Gasteiger partial charge in [-0.2, -0.15) is 0 Å². The Labute approximate surface area is 133 Å². The molecule has 1 aromatic heterocycles. The van der Waals surface area contributed by atoms with Gasteiger partial charge >= 0.3 is 6.03 Å². The normalized spacial score (nSPS) is 22.9. The van der Waals surface area contributed by atoms with Gasteiger partial charge in [-0.05, 0) is 31.2 Å². The number of nitrogens with zero attached hydrogens (tertiary/aromatic N) is 1. The maximum absolute atomic E-state index is 12.6. The first kappa shape index (κ1) is 16.5. The van der Waals surface area contributed by atoms with Crippen LogP contribution in [0.15, 0.2) is 17.5 Å². The highest BCUT2D eigenvalue weighted by Gasteiger charge is 2.50. The maximum Gasteiger partial charge on any atom is 0.325 e. The third-order valence-electron chi connectivity index (χ3n) is 3.98. The molecule has 6 nitrogen and oxygen atoms in total. The third-order valence-corrected chi connectivity index (χ3v) is 5.07. The Morgan fingerprint density at radius 3 is 2.64 bits per heavy atom. The van der Waals surface area contributed by atoms with Crippen molar-refractivity contribution < 1.29 is 14.4 Å². The van der Waals surface area contributed by atoms with Crippen LogP contribution in [0.25, 0.3) is 0 Å². The van der Waals surface area contributed by atoms with Crippen LogP contribution in [0.1, 0.15) is 32.6 Å². The van der Waals surface area contributed by atoms with Gasteiger partial charge in [0.15, 0.2) is 5.54 Å². The van der Waals surface area contributed by atoms with Gasteiger partial charge in [-0.15, -0.1) is 11.3 Å². The van der Waals surface area contributed by atoms with Crippen LogP contribution in [0.3, 0.4) is 0 Å². The second kappa shape index (κ2) is 6.08. The molecule has 0 aliphatic carbocycles. The van der Waals surface area contributed by atoms with Crippen molar-refractivity contribution in [2.24, 2.45) is 5.92 Å². The molecule has 1 aliphatic heterocycles. The standard InChI is InChI=1S/C15H21N3O3S/c1-9(2)10(3)16-12(19)8-18-13(20)15(4,17-14(18)21)11-6-5-7-22-11/h5-7,9-10H,8H2,1-4H3,(H,16,19)(H,17,21)/t10-,15+/m1/s1. The van der Waals surface area contributed by atoms with Crippen molar-refractivity contribution in [2.75, 3.05) is 6.54 Å². The molecule has 1 fully saturated rings. The summed E-state index contributed by atoms with van der Waals surface area (Å²) in [6.45, 7) is 7.28. The van der Waals surface area contributed by atoms with Crippen LogP contribution >= 0.6 is 11.3 Å². The molecule has 2 rings (SSSR count). The van der Waals surface area contributed by atoms with E-state index in [1.165, 1.54) is 11.3 Å². The molecule has 2 atom stereocenters. The quantitative estimate of drug-likeness (QED) is 0.809. The molecule has 1 saturated heterocycles. The summed E-state index contributed by atoms with van der Waals surface area (Å²) in [4.78, 5) is 38.4. The summed E-state index contributed by atoms with van der Waals surface area (Å²) in [5.41, 5.74) is -1.09. The zero-order valence-corrected chi connectivity index (χ0v) is 14.0. The molecular formula is C15H21N3O3S. The molecule has 2 N–H and O–H groups in total. The lowest BCUT2D eigenvalue weighted by molar-refractivity contribution is -0.135. The van der Waals surface area contributed by atoms with E-state index < -0.39 is 17.5 Å². The first-order chi connectivity index (χ1) is 10.3. The Morgan fingerprint density at radius 1 is 1.41 bits per heavy atom. The minimum Gasteiger partial charge on any atom is -0.352 e. The summed E-state index contributed by atoms with van der Waals surface area (Å²) in [5, 5.41) is 7.33. The summed E-state index contributed by atoms with van der Waals surface area (Å²) < 4.78 is 0. The number of thiophene rings is 1. The maximum atomic E-state index is 12.6. The summed E-state index contributed by atoms with van der Waals surface area (Å²) in [7, 11) is 0. The van der Waals surface area contributed by atoms with Gasteiger partial charge in [0.1, 0.15) is 6.54 Å². The number of amides is 4. The number of hydrogen-bond donors (Lipinski definition) is 2. The van der Waals surface area contributed by atoms with Crippen molar-refractivity contribution in [3.63, 3.8) is 0 Å². The molecule has 0 spiro atoms. The van der Waals surface area contributed by atoms with E-state index in [0.717, 1.165) is 9.78 Å². The van der Waals surface area contributed by atoms with Gasteiger partial charge in [0.25, 0.3) is 5.91 Å². The van der Waals surface area contributed by atoms with Crippen LogP contribution in [0.4, 0.5) is 4.79 Å². The SMILES string of the molecule is CC(C)[C@@H](C)NC(=O)CN1C(=O)N[C@@](C)(c2cccs2)C1=O. The van der Waals surface area contributed by atoms with Crippen LogP contribution in [0.2, 0.25) is 0 Å². The zero-order valence-electron chi connectivity index (χ0n) is 13.2. The van der Waals surface area contributed by atoms with E-state index in [9.17, 15) is 14.4 Å². The van der Waals surface area contributed by atoms with E-state index >= 15 is 0 Å². The fraction of sp³-hybridized carbons (Fsp3) is 0.533. The van der Waals surface area contributed by atoms with Crippen molar-refractivity contribution in [2.45, 2.75) is 39.3 Å². The number of urea groups is 1. The third kappa shape index (κ3) is 2.99. The van der Waals surface area contributed by atoms with Crippen molar-refractivity contribution in [3.8, 4) is 0 Å². The highest BCUT2D eigenvalue weighted by Crippen LogP contribution is 2.31. The van der Waals surface area contributed by atoms with Crippen molar-refractivity contribution in [3.05, 3.63) is 22.4 Å². The molecule has 1 aliphatic rings. The molecule has 22 heavy (non-hydrogen) atoms. The van der Waals surface area contributed by atoms with Gasteiger partial charge in [0.05, 0.1) is 0 Å². The second-order valence-corrected chi connectivity index (χ2v) is 6.97. The lowest BCUT2D eigenvalue weighted by atomic mass is 10.0. The minimum absolute atomic E-state index is 0.0167. The molecule has 0 bridgehead atoms. The Morgan fingerprint density at radius 2 is 2.09 bits per heavy atom. The molecular weight excluding hydrogens is 302 g/mol. The number of imide groups is 1. The van der Waals surface area contributed by atoms with Crippen molar-refractivity contribution >= 4 is 29.2 Å². The Balaban J connectivity index is 2.08. The van der Waals surface area contributed by atoms with E-state index in [1.807, 2.05) is 32.2 Å². The van der Waals surface area contributed by atoms with Gasteiger partial charge in [0, 0.05) is 10.9 Å². The van der Waals surface area contributed by atoms with E-state index in [1.54, 1.807) is 13.0 Å². The molecule has 120 valence electrons.